The Bertz CT molecular complexity index is 324. The molecule has 0 aromatic carbocycles. The summed E-state index contributed by atoms with van der Waals surface area (Å²) in [5.74, 6) is 0. The molecule has 0 aliphatic rings. The SMILES string of the molecule is NC(=O)OCCNCc1cc(Br)c(Br)s1. The quantitative estimate of drug-likeness (QED) is 0.795. The molecule has 0 saturated carbocycles. The van der Waals surface area contributed by atoms with E-state index in [2.05, 4.69) is 41.9 Å². The van der Waals surface area contributed by atoms with Crippen LogP contribution >= 0.6 is 43.2 Å². The Kier molecular flexibility index (Phi) is 5.59. The molecule has 7 heteroatoms. The molecule has 1 aromatic heterocycles. The molecule has 1 heterocycles. The number of hydrogen-bond donors (Lipinski definition) is 2. The van der Waals surface area contributed by atoms with Gasteiger partial charge in [-0.1, -0.05) is 0 Å². The second kappa shape index (κ2) is 6.47. The molecule has 0 atom stereocenters. The highest BCUT2D eigenvalue weighted by Crippen LogP contribution is 2.32. The number of carbonyl (C=O) groups is 1. The minimum absolute atomic E-state index is 0.295. The van der Waals surface area contributed by atoms with Gasteiger partial charge in [0.2, 0.25) is 0 Å². The Morgan fingerprint density at radius 1 is 1.60 bits per heavy atom. The van der Waals surface area contributed by atoms with E-state index in [9.17, 15) is 4.79 Å². The summed E-state index contributed by atoms with van der Waals surface area (Å²) in [6.07, 6.45) is -0.738. The lowest BCUT2D eigenvalue weighted by Gasteiger charge is -2.02. The van der Waals surface area contributed by atoms with Crippen LogP contribution in [0.1, 0.15) is 4.88 Å². The van der Waals surface area contributed by atoms with Crippen LogP contribution in [0.3, 0.4) is 0 Å². The Morgan fingerprint density at radius 2 is 2.33 bits per heavy atom. The van der Waals surface area contributed by atoms with E-state index in [1.54, 1.807) is 11.3 Å². The minimum atomic E-state index is -0.738. The third kappa shape index (κ3) is 4.96. The zero-order valence-electron chi connectivity index (χ0n) is 7.76. The number of primary amides is 1. The Labute approximate surface area is 108 Å². The molecule has 1 aromatic rings. The number of hydrogen-bond acceptors (Lipinski definition) is 4. The molecule has 15 heavy (non-hydrogen) atoms. The summed E-state index contributed by atoms with van der Waals surface area (Å²) in [5, 5.41) is 3.13. The highest BCUT2D eigenvalue weighted by Gasteiger charge is 2.03. The van der Waals surface area contributed by atoms with Crippen LogP contribution in [0, 0.1) is 0 Å². The first kappa shape index (κ1) is 13.0. The third-order valence-corrected chi connectivity index (χ3v) is 4.77. The number of thiophene rings is 1. The highest BCUT2D eigenvalue weighted by molar-refractivity contribution is 9.13. The van der Waals surface area contributed by atoms with Gasteiger partial charge in [0.15, 0.2) is 0 Å². The van der Waals surface area contributed by atoms with Crippen LogP contribution < -0.4 is 11.1 Å². The summed E-state index contributed by atoms with van der Waals surface area (Å²) in [6, 6.07) is 2.04. The van der Waals surface area contributed by atoms with Gasteiger partial charge >= 0.3 is 6.09 Å². The van der Waals surface area contributed by atoms with E-state index in [-0.39, 0.29) is 0 Å². The van der Waals surface area contributed by atoms with E-state index in [1.165, 1.54) is 4.88 Å². The molecule has 3 N–H and O–H groups in total. The Balaban J connectivity index is 2.18. The maximum absolute atomic E-state index is 10.2. The lowest BCUT2D eigenvalue weighted by atomic mass is 10.4. The predicted molar refractivity (Wildman–Crippen MR) is 67.0 cm³/mol. The number of amides is 1. The number of halogens is 2. The van der Waals surface area contributed by atoms with Crippen molar-refractivity contribution in [2.24, 2.45) is 5.73 Å². The molecule has 4 nitrogen and oxygen atoms in total. The molecule has 0 aliphatic heterocycles. The van der Waals surface area contributed by atoms with Crippen LogP contribution in [0.4, 0.5) is 4.79 Å². The maximum Gasteiger partial charge on any atom is 0.404 e. The molecule has 84 valence electrons. The van der Waals surface area contributed by atoms with Crippen LogP contribution in [0.5, 0.6) is 0 Å². The fourth-order valence-corrected chi connectivity index (χ4v) is 3.06. The molecule has 0 saturated heterocycles. The summed E-state index contributed by atoms with van der Waals surface area (Å²) in [7, 11) is 0. The standard InChI is InChI=1S/C8H10Br2N2O2S/c9-6-3-5(15-7(6)10)4-12-1-2-14-8(11)13/h3,12H,1-2,4H2,(H2,11,13). The van der Waals surface area contributed by atoms with Gasteiger partial charge < -0.3 is 15.8 Å². The van der Waals surface area contributed by atoms with Gasteiger partial charge in [0.05, 0.1) is 3.79 Å². The van der Waals surface area contributed by atoms with Crippen LogP contribution in [0.25, 0.3) is 0 Å². The van der Waals surface area contributed by atoms with Gasteiger partial charge in [-0.2, -0.15) is 0 Å². The van der Waals surface area contributed by atoms with Gasteiger partial charge in [0.1, 0.15) is 6.61 Å². The van der Waals surface area contributed by atoms with E-state index >= 15 is 0 Å². The first-order chi connectivity index (χ1) is 7.09. The summed E-state index contributed by atoms with van der Waals surface area (Å²) >= 11 is 8.48. The van der Waals surface area contributed by atoms with Crippen molar-refractivity contribution in [3.8, 4) is 0 Å². The van der Waals surface area contributed by atoms with E-state index in [0.717, 1.165) is 14.8 Å². The van der Waals surface area contributed by atoms with Gasteiger partial charge in [-0.3, -0.25) is 0 Å². The lowest BCUT2D eigenvalue weighted by Crippen LogP contribution is -2.22. The number of nitrogens with two attached hydrogens (primary N) is 1. The summed E-state index contributed by atoms with van der Waals surface area (Å²) in [6.45, 7) is 1.64. The zero-order valence-corrected chi connectivity index (χ0v) is 11.7. The topological polar surface area (TPSA) is 64.4 Å². The second-order valence-corrected chi connectivity index (χ2v) is 5.99. The van der Waals surface area contributed by atoms with Gasteiger partial charge in [0.25, 0.3) is 0 Å². The van der Waals surface area contributed by atoms with Gasteiger partial charge in [-0.05, 0) is 37.9 Å². The van der Waals surface area contributed by atoms with Crippen LogP contribution in [-0.2, 0) is 11.3 Å². The van der Waals surface area contributed by atoms with Crippen molar-refractivity contribution in [3.05, 3.63) is 19.2 Å². The van der Waals surface area contributed by atoms with Crippen molar-refractivity contribution in [2.45, 2.75) is 6.54 Å². The van der Waals surface area contributed by atoms with Crippen LogP contribution in [0.2, 0.25) is 0 Å². The van der Waals surface area contributed by atoms with Crippen molar-refractivity contribution >= 4 is 49.3 Å². The van der Waals surface area contributed by atoms with E-state index in [1.807, 2.05) is 6.07 Å². The van der Waals surface area contributed by atoms with Crippen molar-refractivity contribution in [3.63, 3.8) is 0 Å². The average Bonchev–Trinajstić information content (AvgIpc) is 2.45. The zero-order chi connectivity index (χ0) is 11.3. The minimum Gasteiger partial charge on any atom is -0.448 e. The average molecular weight is 358 g/mol. The fraction of sp³-hybridized carbons (Fsp3) is 0.375. The second-order valence-electron chi connectivity index (χ2n) is 2.68. The number of carbonyl (C=O) groups excluding carboxylic acids is 1. The summed E-state index contributed by atoms with van der Waals surface area (Å²) in [5.41, 5.74) is 4.81. The normalized spacial score (nSPS) is 10.3. The number of rotatable bonds is 5. The molecule has 0 fully saturated rings. The monoisotopic (exact) mass is 356 g/mol. The van der Waals surface area contributed by atoms with Crippen LogP contribution in [0.15, 0.2) is 14.3 Å². The van der Waals surface area contributed by atoms with Gasteiger partial charge in [0, 0.05) is 22.4 Å². The Hall–Kier alpha value is -0.110. The van der Waals surface area contributed by atoms with Crippen molar-refractivity contribution < 1.29 is 9.53 Å². The van der Waals surface area contributed by atoms with Crippen LogP contribution in [-0.4, -0.2) is 19.2 Å². The fourth-order valence-electron chi connectivity index (χ4n) is 0.914. The van der Waals surface area contributed by atoms with Crippen molar-refractivity contribution in [1.82, 2.24) is 5.32 Å². The lowest BCUT2D eigenvalue weighted by molar-refractivity contribution is 0.157. The predicted octanol–water partition coefficient (Wildman–Crippen LogP) is 2.46. The molecule has 1 amide bonds. The molecule has 0 aliphatic carbocycles. The summed E-state index contributed by atoms with van der Waals surface area (Å²) in [4.78, 5) is 11.4. The maximum atomic E-state index is 10.2. The van der Waals surface area contributed by atoms with E-state index in [4.69, 9.17) is 5.73 Å². The molecule has 0 spiro atoms. The number of ether oxygens (including phenoxy) is 1. The van der Waals surface area contributed by atoms with Crippen molar-refractivity contribution in [2.75, 3.05) is 13.2 Å². The molecule has 0 radical (unpaired) electrons. The first-order valence-corrected chi connectivity index (χ1v) is 6.56. The molecule has 0 unspecified atom stereocenters. The number of nitrogens with one attached hydrogen (secondary N) is 1. The molecule has 1 rings (SSSR count). The Morgan fingerprint density at radius 3 is 2.87 bits per heavy atom. The summed E-state index contributed by atoms with van der Waals surface area (Å²) < 4.78 is 6.70. The molecular weight excluding hydrogens is 348 g/mol. The molecule has 0 bridgehead atoms. The first-order valence-electron chi connectivity index (χ1n) is 4.16. The van der Waals surface area contributed by atoms with Gasteiger partial charge in [-0.25, -0.2) is 4.79 Å². The van der Waals surface area contributed by atoms with Crippen molar-refractivity contribution in [1.29, 1.82) is 0 Å². The van der Waals surface area contributed by atoms with E-state index < -0.39 is 6.09 Å². The van der Waals surface area contributed by atoms with Gasteiger partial charge in [-0.15, -0.1) is 11.3 Å². The molecular formula is C8H10Br2N2O2S. The largest absolute Gasteiger partial charge is 0.448 e. The third-order valence-electron chi connectivity index (χ3n) is 1.52. The van der Waals surface area contributed by atoms with E-state index in [0.29, 0.717) is 13.2 Å². The smallest absolute Gasteiger partial charge is 0.404 e. The highest BCUT2D eigenvalue weighted by atomic mass is 79.9.